The second-order valence-corrected chi connectivity index (χ2v) is 14.5. The van der Waals surface area contributed by atoms with Crippen molar-refractivity contribution < 1.29 is 57.7 Å². The normalized spacial score (nSPS) is 12.5. The first-order valence-corrected chi connectivity index (χ1v) is 17.9. The van der Waals surface area contributed by atoms with Crippen molar-refractivity contribution in [1.29, 1.82) is 0 Å². The number of rotatable bonds is 26. The summed E-state index contributed by atoms with van der Waals surface area (Å²) in [6.45, 7) is 3.39. The zero-order valence-corrected chi connectivity index (χ0v) is 30.1. The number of likely N-dealkylation sites (N-methyl/N-ethyl adjacent to an activating group) is 2. The van der Waals surface area contributed by atoms with Crippen LogP contribution in [0.2, 0.25) is 0 Å². The van der Waals surface area contributed by atoms with Crippen LogP contribution in [0.4, 0.5) is 0 Å². The molecular formula is C31H69N2O10P. The Hall–Kier alpha value is -0.660. The van der Waals surface area contributed by atoms with Gasteiger partial charge < -0.3 is 42.8 Å². The highest BCUT2D eigenvalue weighted by Gasteiger charge is 2.14. The standard InChI is InChI=1S/C21H43O8P.2C5H14NO/c1-2-3-4-5-6-7-8-9-10-11-12-13-14-15-16-17-21(22)27-18-20(29-23)19-28-30(24,25)26;2*1-6(2,3)4-5-7/h20,23H,2-19H2,1H3,(H2,24,25,26);2*7H,4-5H2,1-3H3/q;2*+1/p-2. The lowest BCUT2D eigenvalue weighted by atomic mass is 10.0. The molecule has 0 aliphatic rings. The number of phosphoric acid groups is 1. The van der Waals surface area contributed by atoms with Gasteiger partial charge in [-0.05, 0) is 6.42 Å². The molecule has 0 fully saturated rings. The van der Waals surface area contributed by atoms with Gasteiger partial charge in [0.25, 0.3) is 0 Å². The fourth-order valence-corrected chi connectivity index (χ4v) is 4.13. The highest BCUT2D eigenvalue weighted by molar-refractivity contribution is 7.43. The molecule has 0 aromatic carbocycles. The molecule has 0 aliphatic carbocycles. The van der Waals surface area contributed by atoms with Crippen LogP contribution in [0.3, 0.4) is 0 Å². The Labute approximate surface area is 269 Å². The number of unbranched alkanes of at least 4 members (excludes halogenated alkanes) is 14. The first-order valence-electron chi connectivity index (χ1n) is 16.5. The summed E-state index contributed by atoms with van der Waals surface area (Å²) in [5, 5.41) is 25.4. The molecule has 12 nitrogen and oxygen atoms in total. The van der Waals surface area contributed by atoms with E-state index in [0.29, 0.717) is 6.42 Å². The number of hydrogen-bond acceptors (Lipinski definition) is 10. The molecule has 0 saturated heterocycles. The maximum absolute atomic E-state index is 11.6. The number of carbonyl (C=O) groups is 1. The third kappa shape index (κ3) is 48.2. The molecule has 0 rings (SSSR count). The first-order chi connectivity index (χ1) is 20.5. The molecule has 0 radical (unpaired) electrons. The Balaban J connectivity index is -0.000000982. The second kappa shape index (κ2) is 31.0. The maximum Gasteiger partial charge on any atom is 0.305 e. The van der Waals surface area contributed by atoms with E-state index in [1.807, 2.05) is 0 Å². The molecule has 0 bridgehead atoms. The Kier molecular flexibility index (Phi) is 33.6. The van der Waals surface area contributed by atoms with Gasteiger partial charge in [-0.3, -0.25) is 10.1 Å². The zero-order chi connectivity index (χ0) is 34.3. The van der Waals surface area contributed by atoms with Crippen molar-refractivity contribution in [2.45, 2.75) is 116 Å². The lowest BCUT2D eigenvalue weighted by Crippen LogP contribution is -2.36. The van der Waals surface area contributed by atoms with Crippen LogP contribution in [0, 0.1) is 0 Å². The van der Waals surface area contributed by atoms with Crippen LogP contribution >= 0.6 is 7.82 Å². The fourth-order valence-electron chi connectivity index (χ4n) is 3.78. The van der Waals surface area contributed by atoms with E-state index in [2.05, 4.69) is 58.6 Å². The average Bonchev–Trinajstić information content (AvgIpc) is 2.90. The SMILES string of the molecule is CCCCCCCCCCCCCCCCCC(=O)OCC(COP(=O)([O-])[O-])OO.C[N+](C)(C)CCO.C[N+](C)(C)CCO. The van der Waals surface area contributed by atoms with Crippen LogP contribution in [0.1, 0.15) is 110 Å². The van der Waals surface area contributed by atoms with Crippen molar-refractivity contribution in [3.05, 3.63) is 0 Å². The Bertz CT molecular complexity index is 651. The van der Waals surface area contributed by atoms with Crippen molar-refractivity contribution in [3.63, 3.8) is 0 Å². The summed E-state index contributed by atoms with van der Waals surface area (Å²) in [4.78, 5) is 36.3. The van der Waals surface area contributed by atoms with Gasteiger partial charge in [0.05, 0.1) is 69.9 Å². The summed E-state index contributed by atoms with van der Waals surface area (Å²) in [6, 6.07) is 0. The molecule has 0 spiro atoms. The minimum atomic E-state index is -5.16. The van der Waals surface area contributed by atoms with Crippen molar-refractivity contribution in [2.75, 3.05) is 81.8 Å². The second-order valence-electron chi connectivity index (χ2n) is 13.3. The number of ether oxygens (including phenoxy) is 1. The number of hydrogen-bond donors (Lipinski definition) is 3. The fraction of sp³-hybridized carbons (Fsp3) is 0.968. The van der Waals surface area contributed by atoms with E-state index in [9.17, 15) is 19.1 Å². The molecule has 1 unspecified atom stereocenters. The van der Waals surface area contributed by atoms with Crippen molar-refractivity contribution >= 4 is 13.8 Å². The monoisotopic (exact) mass is 660 g/mol. The smallest absolute Gasteiger partial charge is 0.305 e. The quantitative estimate of drug-likeness (QED) is 0.0309. The maximum atomic E-state index is 11.6. The van der Waals surface area contributed by atoms with Crippen LogP contribution in [-0.4, -0.2) is 118 Å². The number of nitrogens with zero attached hydrogens (tertiary/aromatic N) is 2. The number of phosphoric ester groups is 1. The molecule has 0 aromatic rings. The lowest BCUT2D eigenvalue weighted by Gasteiger charge is -2.29. The summed E-state index contributed by atoms with van der Waals surface area (Å²) in [7, 11) is 7.15. The topological polar surface area (TPSA) is 169 Å². The van der Waals surface area contributed by atoms with E-state index in [4.69, 9.17) is 20.2 Å². The Morgan fingerprint density at radius 2 is 1.05 bits per heavy atom. The van der Waals surface area contributed by atoms with Gasteiger partial charge in [-0.2, -0.15) is 0 Å². The summed E-state index contributed by atoms with van der Waals surface area (Å²) < 4.78 is 20.9. The first kappa shape index (κ1) is 47.7. The predicted molar refractivity (Wildman–Crippen MR) is 172 cm³/mol. The number of aliphatic hydroxyl groups is 2. The predicted octanol–water partition coefficient (Wildman–Crippen LogP) is 3.86. The van der Waals surface area contributed by atoms with Crippen molar-refractivity contribution in [2.24, 2.45) is 0 Å². The molecule has 0 amide bonds. The largest absolute Gasteiger partial charge is 0.790 e. The number of quaternary nitrogens is 2. The van der Waals surface area contributed by atoms with E-state index in [1.54, 1.807) is 0 Å². The van der Waals surface area contributed by atoms with Crippen molar-refractivity contribution in [3.8, 4) is 0 Å². The minimum Gasteiger partial charge on any atom is -0.790 e. The van der Waals surface area contributed by atoms with Crippen LogP contribution in [0.5, 0.6) is 0 Å². The van der Waals surface area contributed by atoms with Crippen LogP contribution < -0.4 is 9.79 Å². The minimum absolute atomic E-state index is 0.249. The van der Waals surface area contributed by atoms with Gasteiger partial charge >= 0.3 is 5.97 Å². The number of aliphatic hydroxyl groups excluding tert-OH is 2. The van der Waals surface area contributed by atoms with Gasteiger partial charge in [-0.25, -0.2) is 4.89 Å². The molecule has 268 valence electrons. The lowest BCUT2D eigenvalue weighted by molar-refractivity contribution is -0.870. The van der Waals surface area contributed by atoms with Gasteiger partial charge in [-0.1, -0.05) is 96.8 Å². The highest BCUT2D eigenvalue weighted by atomic mass is 31.2. The Morgan fingerprint density at radius 3 is 1.32 bits per heavy atom. The molecule has 0 aliphatic heterocycles. The van der Waals surface area contributed by atoms with Gasteiger partial charge in [0.1, 0.15) is 19.7 Å². The summed E-state index contributed by atoms with van der Waals surface area (Å²) in [5.41, 5.74) is 0. The molecule has 3 N–H and O–H groups in total. The zero-order valence-electron chi connectivity index (χ0n) is 29.2. The van der Waals surface area contributed by atoms with Gasteiger partial charge in [0.15, 0.2) is 6.10 Å². The molecule has 1 atom stereocenters. The van der Waals surface area contributed by atoms with E-state index < -0.39 is 26.5 Å². The number of carbonyl (C=O) groups excluding carboxylic acids is 1. The molecule has 0 saturated carbocycles. The summed E-state index contributed by atoms with van der Waals surface area (Å²) >= 11 is 0. The molecule has 44 heavy (non-hydrogen) atoms. The molecule has 13 heteroatoms. The average molecular weight is 661 g/mol. The van der Waals surface area contributed by atoms with Gasteiger partial charge in [-0.15, -0.1) is 0 Å². The van der Waals surface area contributed by atoms with Gasteiger partial charge in [0.2, 0.25) is 0 Å². The van der Waals surface area contributed by atoms with E-state index in [-0.39, 0.29) is 26.2 Å². The third-order valence-electron chi connectivity index (χ3n) is 6.52. The van der Waals surface area contributed by atoms with Gasteiger partial charge in [0, 0.05) is 6.42 Å². The van der Waals surface area contributed by atoms with Crippen molar-refractivity contribution in [1.82, 2.24) is 0 Å². The number of esters is 1. The van der Waals surface area contributed by atoms with E-state index >= 15 is 0 Å². The molecule has 0 aromatic heterocycles. The third-order valence-corrected chi connectivity index (χ3v) is 6.99. The summed E-state index contributed by atoms with van der Waals surface area (Å²) in [5.74, 6) is -0.459. The van der Waals surface area contributed by atoms with E-state index in [0.717, 1.165) is 34.9 Å². The van der Waals surface area contributed by atoms with Crippen LogP contribution in [0.15, 0.2) is 0 Å². The molecule has 0 heterocycles. The highest BCUT2D eigenvalue weighted by Crippen LogP contribution is 2.24. The van der Waals surface area contributed by atoms with Crippen LogP contribution in [-0.2, 0) is 23.5 Å². The molecular weight excluding hydrogens is 591 g/mol. The Morgan fingerprint density at radius 1 is 0.682 bits per heavy atom. The van der Waals surface area contributed by atoms with Crippen LogP contribution in [0.25, 0.3) is 0 Å². The van der Waals surface area contributed by atoms with E-state index in [1.165, 1.54) is 77.0 Å². The summed E-state index contributed by atoms with van der Waals surface area (Å²) in [6.07, 6.45) is 17.7.